The smallest absolute Gasteiger partial charge is 0.203 e. The first-order valence-corrected chi connectivity index (χ1v) is 14.8. The average Bonchev–Trinajstić information content (AvgIpc) is 3.40. The highest BCUT2D eigenvalue weighted by Crippen LogP contribution is 2.50. The number of methoxy groups -OCH3 is 3. The van der Waals surface area contributed by atoms with E-state index >= 15 is 0 Å². The van der Waals surface area contributed by atoms with E-state index in [1.165, 1.54) is 0 Å². The number of nitrogens with zero attached hydrogens (tertiary/aromatic N) is 5. The van der Waals surface area contributed by atoms with Gasteiger partial charge in [0, 0.05) is 11.3 Å². The van der Waals surface area contributed by atoms with Crippen LogP contribution >= 0.6 is 0 Å². The van der Waals surface area contributed by atoms with Crippen LogP contribution in [-0.2, 0) is 0 Å². The Morgan fingerprint density at radius 2 is 1.47 bits per heavy atom. The summed E-state index contributed by atoms with van der Waals surface area (Å²) >= 11 is 0. The number of benzene rings is 4. The van der Waals surface area contributed by atoms with Gasteiger partial charge < -0.3 is 24.4 Å². The number of hydrogen-bond donors (Lipinski definition) is 1. The number of rotatable bonds is 6. The molecule has 0 fully saturated rings. The van der Waals surface area contributed by atoms with E-state index in [4.69, 9.17) is 29.3 Å². The molecule has 1 N–H and O–H groups in total. The first-order valence-electron chi connectivity index (χ1n) is 14.8. The van der Waals surface area contributed by atoms with Gasteiger partial charge in [-0.1, -0.05) is 42.5 Å². The molecule has 1 unspecified atom stereocenters. The molecule has 45 heavy (non-hydrogen) atoms. The van der Waals surface area contributed by atoms with Crippen molar-refractivity contribution in [2.45, 2.75) is 26.8 Å². The molecule has 0 spiro atoms. The zero-order valence-corrected chi connectivity index (χ0v) is 26.1. The number of amidine groups is 2. The van der Waals surface area contributed by atoms with Gasteiger partial charge in [0.25, 0.3) is 0 Å². The maximum atomic E-state index is 5.82. The summed E-state index contributed by atoms with van der Waals surface area (Å²) in [5.41, 5.74) is 8.67. The van der Waals surface area contributed by atoms with Crippen LogP contribution in [0.15, 0.2) is 94.9 Å². The van der Waals surface area contributed by atoms with E-state index in [1.54, 1.807) is 21.3 Å². The van der Waals surface area contributed by atoms with Gasteiger partial charge in [-0.25, -0.2) is 14.7 Å². The van der Waals surface area contributed by atoms with E-state index in [2.05, 4.69) is 48.3 Å². The van der Waals surface area contributed by atoms with Crippen LogP contribution in [-0.4, -0.2) is 42.8 Å². The molecule has 3 heterocycles. The molecule has 2 aliphatic heterocycles. The van der Waals surface area contributed by atoms with Crippen molar-refractivity contribution in [3.63, 3.8) is 0 Å². The predicted molar refractivity (Wildman–Crippen MR) is 179 cm³/mol. The maximum Gasteiger partial charge on any atom is 0.203 e. The third-order valence-corrected chi connectivity index (χ3v) is 8.29. The highest BCUT2D eigenvalue weighted by molar-refractivity contribution is 6.51. The monoisotopic (exact) mass is 598 g/mol. The molecule has 2 aliphatic rings. The topological polar surface area (TPSA) is 85.5 Å². The largest absolute Gasteiger partial charge is 0.493 e. The van der Waals surface area contributed by atoms with Gasteiger partial charge >= 0.3 is 0 Å². The third-order valence-electron chi connectivity index (χ3n) is 8.29. The van der Waals surface area contributed by atoms with Crippen molar-refractivity contribution < 1.29 is 14.2 Å². The maximum absolute atomic E-state index is 5.82. The van der Waals surface area contributed by atoms with Crippen molar-refractivity contribution in [3.8, 4) is 22.9 Å². The molecule has 1 atom stereocenters. The fourth-order valence-electron chi connectivity index (χ4n) is 6.12. The average molecular weight is 599 g/mol. The molecular weight excluding hydrogens is 564 g/mol. The molecule has 9 nitrogen and oxygen atoms in total. The quantitative estimate of drug-likeness (QED) is 0.216. The van der Waals surface area contributed by atoms with Gasteiger partial charge in [-0.15, -0.1) is 0 Å². The highest BCUT2D eigenvalue weighted by Gasteiger charge is 2.42. The lowest BCUT2D eigenvalue weighted by Crippen LogP contribution is -2.46. The lowest BCUT2D eigenvalue weighted by Gasteiger charge is -2.40. The molecule has 7 rings (SSSR count). The summed E-state index contributed by atoms with van der Waals surface area (Å²) in [7, 11) is 4.88. The van der Waals surface area contributed by atoms with Crippen molar-refractivity contribution in [3.05, 3.63) is 113 Å². The molecule has 0 saturated heterocycles. The van der Waals surface area contributed by atoms with Crippen LogP contribution in [0, 0.1) is 20.8 Å². The van der Waals surface area contributed by atoms with Crippen LogP contribution in [0.4, 0.5) is 22.9 Å². The van der Waals surface area contributed by atoms with Gasteiger partial charge in [0.1, 0.15) is 0 Å². The SMILES string of the molecule is COc1cc(C2c3c(C)nn(-c4ccccc4)c3N=C3C(Nc4cc(C)ccc4C)=Nc4ccccc4N32)cc(OC)c1OC. The minimum Gasteiger partial charge on any atom is -0.493 e. The molecule has 1 aromatic heterocycles. The van der Waals surface area contributed by atoms with Gasteiger partial charge in [0.05, 0.1) is 50.1 Å². The van der Waals surface area contributed by atoms with Crippen molar-refractivity contribution in [1.82, 2.24) is 9.78 Å². The minimum absolute atomic E-state index is 0.356. The number of fused-ring (bicyclic) bond motifs is 4. The second-order valence-corrected chi connectivity index (χ2v) is 11.1. The Labute approximate surface area is 262 Å². The van der Waals surface area contributed by atoms with Crippen LogP contribution < -0.4 is 24.4 Å². The van der Waals surface area contributed by atoms with Gasteiger partial charge in [0.15, 0.2) is 29.0 Å². The second-order valence-electron chi connectivity index (χ2n) is 11.1. The minimum atomic E-state index is -0.356. The summed E-state index contributed by atoms with van der Waals surface area (Å²) in [5.74, 6) is 3.72. The summed E-state index contributed by atoms with van der Waals surface area (Å²) in [4.78, 5) is 12.7. The van der Waals surface area contributed by atoms with Crippen LogP contribution in [0.25, 0.3) is 5.69 Å². The van der Waals surface area contributed by atoms with E-state index < -0.39 is 0 Å². The number of aliphatic imine (C=N–C) groups is 2. The number of hydrogen-bond acceptors (Lipinski definition) is 8. The summed E-state index contributed by atoms with van der Waals surface area (Å²) in [6, 6.07) is 28.2. The molecule has 4 aromatic carbocycles. The normalized spacial score (nSPS) is 14.9. The van der Waals surface area contributed by atoms with Crippen LogP contribution in [0.2, 0.25) is 0 Å². The van der Waals surface area contributed by atoms with Crippen molar-refractivity contribution in [1.29, 1.82) is 0 Å². The summed E-state index contributed by atoms with van der Waals surface area (Å²) in [6.45, 7) is 6.20. The van der Waals surface area contributed by atoms with Gasteiger partial charge in [-0.05, 0) is 79.9 Å². The Bertz CT molecular complexity index is 1970. The van der Waals surface area contributed by atoms with E-state index in [0.717, 1.165) is 56.5 Å². The molecule has 0 amide bonds. The third kappa shape index (κ3) is 4.68. The highest BCUT2D eigenvalue weighted by atomic mass is 16.5. The standard InChI is InChI=1S/C36H34N6O3/c1-21-16-17-22(2)27(18-21)38-34-36-39-35-31(23(3)40-42(35)25-12-8-7-9-13-25)32(41(36)28-15-11-10-14-26(28)37-34)24-19-29(43-4)33(45-6)30(20-24)44-5/h7-20,32H,1-6H3,(H,37,38). The first kappa shape index (κ1) is 28.2. The van der Waals surface area contributed by atoms with Gasteiger partial charge in [-0.3, -0.25) is 0 Å². The van der Waals surface area contributed by atoms with Crippen molar-refractivity contribution in [2.75, 3.05) is 31.5 Å². The fraction of sp³-hybridized carbons (Fsp3) is 0.194. The zero-order valence-electron chi connectivity index (χ0n) is 26.1. The predicted octanol–water partition coefficient (Wildman–Crippen LogP) is 7.62. The number of aryl methyl sites for hydroxylation is 3. The molecule has 5 aromatic rings. The number of nitrogens with one attached hydrogen (secondary N) is 1. The first-order chi connectivity index (χ1) is 21.9. The van der Waals surface area contributed by atoms with E-state index in [1.807, 2.05) is 72.3 Å². The lowest BCUT2D eigenvalue weighted by molar-refractivity contribution is 0.323. The number of anilines is 2. The van der Waals surface area contributed by atoms with Gasteiger partial charge in [-0.2, -0.15) is 5.10 Å². The second kappa shape index (κ2) is 11.2. The number of para-hydroxylation sites is 3. The van der Waals surface area contributed by atoms with Crippen LogP contribution in [0.3, 0.4) is 0 Å². The van der Waals surface area contributed by atoms with E-state index in [9.17, 15) is 0 Å². The van der Waals surface area contributed by atoms with Crippen LogP contribution in [0.1, 0.15) is 34.0 Å². The summed E-state index contributed by atoms with van der Waals surface area (Å²) in [5, 5.41) is 8.68. The van der Waals surface area contributed by atoms with Crippen LogP contribution in [0.5, 0.6) is 17.2 Å². The Hall–Kier alpha value is -5.57. The molecule has 226 valence electrons. The van der Waals surface area contributed by atoms with E-state index in [-0.39, 0.29) is 6.04 Å². The number of aromatic nitrogens is 2. The number of ether oxygens (including phenoxy) is 3. The molecule has 0 saturated carbocycles. The van der Waals surface area contributed by atoms with Gasteiger partial charge in [0.2, 0.25) is 5.75 Å². The lowest BCUT2D eigenvalue weighted by atomic mass is 9.92. The summed E-state index contributed by atoms with van der Waals surface area (Å²) in [6.07, 6.45) is 0. The van der Waals surface area contributed by atoms with Crippen molar-refractivity contribution >= 4 is 34.6 Å². The van der Waals surface area contributed by atoms with E-state index in [0.29, 0.717) is 28.9 Å². The Morgan fingerprint density at radius 3 is 2.18 bits per heavy atom. The fourth-order valence-corrected chi connectivity index (χ4v) is 6.12. The molecular formula is C36H34N6O3. The molecule has 0 bridgehead atoms. The Kier molecular flexibility index (Phi) is 7.00. The Morgan fingerprint density at radius 1 is 0.756 bits per heavy atom. The molecule has 0 radical (unpaired) electrons. The molecule has 9 heteroatoms. The van der Waals surface area contributed by atoms with Crippen molar-refractivity contribution in [2.24, 2.45) is 9.98 Å². The Balaban J connectivity index is 1.53. The zero-order chi connectivity index (χ0) is 31.2. The summed E-state index contributed by atoms with van der Waals surface area (Å²) < 4.78 is 19.2. The molecule has 0 aliphatic carbocycles.